The first-order chi connectivity index (χ1) is 5.47. The number of carbonyl (C=O) groups excluding carboxylic acids is 1. The molecule has 0 N–H and O–H groups in total. The van der Waals surface area contributed by atoms with Crippen molar-refractivity contribution in [2.45, 2.75) is 24.8 Å². The predicted molar refractivity (Wildman–Crippen MR) is 44.4 cm³/mol. The van der Waals surface area contributed by atoms with Crippen LogP contribution < -0.4 is 0 Å². The Kier molecular flexibility index (Phi) is 2.35. The fourth-order valence-electron chi connectivity index (χ4n) is 1.03. The standard InChI is InChI=1S/C7H11NO3S/c1-12(10,11)5-4-7(2-3-7)8-6-9/h2-5H2,1H3. The van der Waals surface area contributed by atoms with Crippen LogP contribution in [0.4, 0.5) is 0 Å². The van der Waals surface area contributed by atoms with Gasteiger partial charge in [0.15, 0.2) is 0 Å². The molecule has 1 aliphatic rings. The molecule has 1 fully saturated rings. The summed E-state index contributed by atoms with van der Waals surface area (Å²) in [6, 6.07) is 0. The Bertz CT molecular complexity index is 310. The second-order valence-electron chi connectivity index (χ2n) is 3.31. The van der Waals surface area contributed by atoms with Crippen molar-refractivity contribution < 1.29 is 13.2 Å². The van der Waals surface area contributed by atoms with E-state index in [1.807, 2.05) is 0 Å². The van der Waals surface area contributed by atoms with E-state index in [2.05, 4.69) is 4.99 Å². The molecular weight excluding hydrogens is 178 g/mol. The molecule has 1 aliphatic carbocycles. The van der Waals surface area contributed by atoms with Crippen LogP contribution in [0.1, 0.15) is 19.3 Å². The van der Waals surface area contributed by atoms with Gasteiger partial charge >= 0.3 is 0 Å². The summed E-state index contributed by atoms with van der Waals surface area (Å²) < 4.78 is 21.5. The Morgan fingerprint density at radius 1 is 1.50 bits per heavy atom. The molecule has 0 saturated heterocycles. The summed E-state index contributed by atoms with van der Waals surface area (Å²) >= 11 is 0. The Hall–Kier alpha value is -0.670. The van der Waals surface area contributed by atoms with E-state index in [-0.39, 0.29) is 11.3 Å². The van der Waals surface area contributed by atoms with Crippen molar-refractivity contribution in [3.05, 3.63) is 0 Å². The van der Waals surface area contributed by atoms with Crippen LogP contribution >= 0.6 is 0 Å². The van der Waals surface area contributed by atoms with Gasteiger partial charge in [0, 0.05) is 6.26 Å². The first kappa shape index (κ1) is 9.42. The number of rotatable bonds is 4. The molecule has 0 atom stereocenters. The van der Waals surface area contributed by atoms with E-state index in [4.69, 9.17) is 0 Å². The van der Waals surface area contributed by atoms with E-state index < -0.39 is 9.84 Å². The minimum Gasteiger partial charge on any atom is -0.229 e. The maximum absolute atomic E-state index is 10.8. The van der Waals surface area contributed by atoms with Crippen molar-refractivity contribution in [1.29, 1.82) is 0 Å². The molecule has 0 aromatic heterocycles. The molecule has 12 heavy (non-hydrogen) atoms. The molecule has 0 heterocycles. The van der Waals surface area contributed by atoms with Crippen molar-refractivity contribution >= 4 is 15.9 Å². The third kappa shape index (κ3) is 2.75. The molecule has 1 saturated carbocycles. The van der Waals surface area contributed by atoms with E-state index in [1.54, 1.807) is 0 Å². The molecule has 0 aromatic rings. The maximum atomic E-state index is 10.8. The molecule has 4 nitrogen and oxygen atoms in total. The van der Waals surface area contributed by atoms with Crippen molar-refractivity contribution in [2.24, 2.45) is 4.99 Å². The van der Waals surface area contributed by atoms with E-state index in [9.17, 15) is 13.2 Å². The van der Waals surface area contributed by atoms with Gasteiger partial charge < -0.3 is 0 Å². The molecule has 0 aliphatic heterocycles. The number of aliphatic imine (C=N–C) groups is 1. The molecule has 0 bridgehead atoms. The summed E-state index contributed by atoms with van der Waals surface area (Å²) in [5.41, 5.74) is -0.370. The number of hydrogen-bond donors (Lipinski definition) is 0. The van der Waals surface area contributed by atoms with Crippen LogP contribution in [-0.4, -0.2) is 32.0 Å². The number of sulfone groups is 1. The first-order valence-corrected chi connectivity index (χ1v) is 5.80. The third-order valence-corrected chi connectivity index (χ3v) is 2.99. The summed E-state index contributed by atoms with van der Waals surface area (Å²) in [5, 5.41) is 0. The van der Waals surface area contributed by atoms with Crippen molar-refractivity contribution in [3.63, 3.8) is 0 Å². The van der Waals surface area contributed by atoms with E-state index >= 15 is 0 Å². The van der Waals surface area contributed by atoms with Crippen LogP contribution in [0.15, 0.2) is 4.99 Å². The summed E-state index contributed by atoms with van der Waals surface area (Å²) in [6.07, 6.45) is 4.77. The zero-order chi connectivity index (χ0) is 9.24. The first-order valence-electron chi connectivity index (χ1n) is 3.74. The fraction of sp³-hybridized carbons (Fsp3) is 0.857. The van der Waals surface area contributed by atoms with Crippen molar-refractivity contribution in [2.75, 3.05) is 12.0 Å². The highest BCUT2D eigenvalue weighted by Gasteiger charge is 2.43. The second-order valence-corrected chi connectivity index (χ2v) is 5.57. The molecule has 0 spiro atoms. The number of hydrogen-bond acceptors (Lipinski definition) is 4. The highest BCUT2D eigenvalue weighted by molar-refractivity contribution is 7.90. The Balaban J connectivity index is 2.48. The average Bonchev–Trinajstić information content (AvgIpc) is 2.65. The highest BCUT2D eigenvalue weighted by Crippen LogP contribution is 2.42. The molecule has 68 valence electrons. The van der Waals surface area contributed by atoms with Crippen molar-refractivity contribution in [3.8, 4) is 0 Å². The molecule has 0 radical (unpaired) electrons. The average molecular weight is 189 g/mol. The summed E-state index contributed by atoms with van der Waals surface area (Å²) in [5.74, 6) is 0.109. The minimum absolute atomic E-state index is 0.109. The molecule has 0 aromatic carbocycles. The van der Waals surface area contributed by atoms with Gasteiger partial charge in [0.05, 0.1) is 11.3 Å². The smallest absolute Gasteiger partial charge is 0.229 e. The van der Waals surface area contributed by atoms with Gasteiger partial charge in [0.1, 0.15) is 9.84 Å². The Labute approximate surface area is 71.6 Å². The van der Waals surface area contributed by atoms with Gasteiger partial charge in [-0.05, 0) is 19.3 Å². The van der Waals surface area contributed by atoms with Crippen LogP contribution in [0.25, 0.3) is 0 Å². The molecule has 0 amide bonds. The van der Waals surface area contributed by atoms with Gasteiger partial charge in [0.2, 0.25) is 6.08 Å². The van der Waals surface area contributed by atoms with Gasteiger partial charge in [-0.15, -0.1) is 0 Å². The van der Waals surface area contributed by atoms with Crippen LogP contribution in [0.2, 0.25) is 0 Å². The molecule has 0 unspecified atom stereocenters. The molecular formula is C7H11NO3S. The number of isocyanates is 1. The zero-order valence-corrected chi connectivity index (χ0v) is 7.73. The van der Waals surface area contributed by atoms with Gasteiger partial charge in [0.25, 0.3) is 0 Å². The normalized spacial score (nSPS) is 19.8. The summed E-state index contributed by atoms with van der Waals surface area (Å²) in [7, 11) is -2.93. The minimum atomic E-state index is -2.93. The fourth-order valence-corrected chi connectivity index (χ4v) is 1.78. The predicted octanol–water partition coefficient (Wildman–Crippen LogP) is 0.290. The quantitative estimate of drug-likeness (QED) is 0.471. The lowest BCUT2D eigenvalue weighted by Gasteiger charge is -2.04. The van der Waals surface area contributed by atoms with Gasteiger partial charge in [-0.25, -0.2) is 13.2 Å². The SMILES string of the molecule is CS(=O)(=O)CCC1(N=C=O)CC1. The number of nitrogens with zero attached hydrogens (tertiary/aromatic N) is 1. The van der Waals surface area contributed by atoms with Crippen molar-refractivity contribution in [1.82, 2.24) is 0 Å². The van der Waals surface area contributed by atoms with Gasteiger partial charge in [-0.2, -0.15) is 4.99 Å². The largest absolute Gasteiger partial charge is 0.235 e. The Morgan fingerprint density at radius 3 is 2.42 bits per heavy atom. The Morgan fingerprint density at radius 2 is 2.08 bits per heavy atom. The monoisotopic (exact) mass is 189 g/mol. The molecule has 1 rings (SSSR count). The second kappa shape index (κ2) is 2.99. The van der Waals surface area contributed by atoms with Gasteiger partial charge in [-0.3, -0.25) is 0 Å². The van der Waals surface area contributed by atoms with Crippen LogP contribution in [0.3, 0.4) is 0 Å². The van der Waals surface area contributed by atoms with Crippen LogP contribution in [0.5, 0.6) is 0 Å². The van der Waals surface area contributed by atoms with Gasteiger partial charge in [-0.1, -0.05) is 0 Å². The summed E-state index contributed by atoms with van der Waals surface area (Å²) in [6.45, 7) is 0. The van der Waals surface area contributed by atoms with E-state index in [0.717, 1.165) is 12.8 Å². The lowest BCUT2D eigenvalue weighted by atomic mass is 10.2. The third-order valence-electron chi connectivity index (χ3n) is 2.05. The summed E-state index contributed by atoms with van der Waals surface area (Å²) in [4.78, 5) is 13.5. The van der Waals surface area contributed by atoms with Crippen LogP contribution in [-0.2, 0) is 14.6 Å². The zero-order valence-electron chi connectivity index (χ0n) is 6.91. The molecule has 5 heteroatoms. The van der Waals surface area contributed by atoms with Crippen LogP contribution in [0, 0.1) is 0 Å². The van der Waals surface area contributed by atoms with E-state index in [0.29, 0.717) is 6.42 Å². The van der Waals surface area contributed by atoms with E-state index in [1.165, 1.54) is 12.3 Å². The highest BCUT2D eigenvalue weighted by atomic mass is 32.2. The lowest BCUT2D eigenvalue weighted by Crippen LogP contribution is -2.13. The topological polar surface area (TPSA) is 63.6 Å². The lowest BCUT2D eigenvalue weighted by molar-refractivity contribution is 0.548. The maximum Gasteiger partial charge on any atom is 0.235 e.